The molecule has 0 spiro atoms. The maximum atomic E-state index is 13.2. The van der Waals surface area contributed by atoms with Crippen molar-refractivity contribution in [2.45, 2.75) is 288 Å². The maximum Gasteiger partial charge on any atom is 0.403 e. The second kappa shape index (κ2) is 26.1. The molecule has 0 atom stereocenters. The first-order valence-corrected chi connectivity index (χ1v) is 31.1. The summed E-state index contributed by atoms with van der Waals surface area (Å²) < 4.78 is 79.4. The highest BCUT2D eigenvalue weighted by molar-refractivity contribution is 5.67. The van der Waals surface area contributed by atoms with Gasteiger partial charge in [-0.1, -0.05) is 195 Å². The summed E-state index contributed by atoms with van der Waals surface area (Å²) >= 11 is 0. The monoisotopic (exact) mass is 1130 g/mol. The van der Waals surface area contributed by atoms with Gasteiger partial charge in [-0.25, -0.2) is 0 Å². The molecule has 0 radical (unpaired) electrons. The molecule has 5 aromatic carbocycles. The van der Waals surface area contributed by atoms with Crippen LogP contribution in [0.25, 0.3) is 11.1 Å². The van der Waals surface area contributed by atoms with Gasteiger partial charge in [-0.15, -0.1) is 0 Å². The van der Waals surface area contributed by atoms with Crippen LogP contribution in [0, 0.1) is 66.2 Å². The molecule has 6 heteroatoms. The molecule has 0 aliphatic heterocycles. The Bertz CT molecular complexity index is 2870. The minimum Gasteiger partial charge on any atom is -0.170 e. The molecule has 82 heavy (non-hydrogen) atoms. The van der Waals surface area contributed by atoms with E-state index in [1.54, 1.807) is 16.7 Å². The first-order chi connectivity index (χ1) is 37.5. The summed E-state index contributed by atoms with van der Waals surface area (Å²) in [7, 11) is 0. The van der Waals surface area contributed by atoms with E-state index in [-0.39, 0.29) is 40.4 Å². The van der Waals surface area contributed by atoms with Crippen LogP contribution in [-0.2, 0) is 21.7 Å². The lowest BCUT2D eigenvalue weighted by molar-refractivity contribution is -0.350. The van der Waals surface area contributed by atoms with Crippen molar-refractivity contribution in [1.29, 1.82) is 0 Å². The van der Waals surface area contributed by atoms with Gasteiger partial charge in [0.1, 0.15) is 0 Å². The molecule has 3 saturated carbocycles. The Labute approximate surface area is 495 Å². The molecule has 0 heterocycles. The second-order valence-corrected chi connectivity index (χ2v) is 30.5. The number of halogens is 6. The first kappa shape index (κ1) is 68.5. The maximum absolute atomic E-state index is 13.2. The van der Waals surface area contributed by atoms with E-state index in [2.05, 4.69) is 205 Å². The fourth-order valence-corrected chi connectivity index (χ4v) is 13.5. The van der Waals surface area contributed by atoms with Crippen molar-refractivity contribution in [3.8, 4) is 11.1 Å². The fraction of sp³-hybridized carbons (Fsp3) is 0.605. The van der Waals surface area contributed by atoms with E-state index >= 15 is 0 Å². The summed E-state index contributed by atoms with van der Waals surface area (Å²) in [4.78, 5) is 0. The van der Waals surface area contributed by atoms with Crippen LogP contribution in [0.4, 0.5) is 26.3 Å². The van der Waals surface area contributed by atoms with Gasteiger partial charge < -0.3 is 0 Å². The summed E-state index contributed by atoms with van der Waals surface area (Å²) in [6.45, 7) is 49.3. The zero-order valence-corrected chi connectivity index (χ0v) is 55.2. The minimum atomic E-state index is -5.27. The van der Waals surface area contributed by atoms with Gasteiger partial charge in [0.05, 0.1) is 0 Å². The molecular weight excluding hydrogens is 1030 g/mol. The van der Waals surface area contributed by atoms with Gasteiger partial charge in [0.2, 0.25) is 0 Å². The van der Waals surface area contributed by atoms with Crippen molar-refractivity contribution in [3.05, 3.63) is 162 Å². The lowest BCUT2D eigenvalue weighted by Gasteiger charge is -2.42. The SMILES string of the molecule is Cc1cc(-c2ccccc2)cc(C(C)(C)C)c1C.Cc1cc(C2CCC(C(F)(F)F)(C(F)(F)F)CC2)cc(C(C)(C)C)c1C.Cc1cc(C2CCC(C)(C)CC2)cc(C(C)(C)C)c1C.Cc1cc(C2CCCCC2)cc(C(C)(C)C)c1C. The van der Waals surface area contributed by atoms with Crippen LogP contribution in [0.1, 0.15) is 282 Å². The molecule has 5 aromatic rings. The van der Waals surface area contributed by atoms with E-state index in [0.29, 0.717) is 5.41 Å². The van der Waals surface area contributed by atoms with Crippen LogP contribution in [0.3, 0.4) is 0 Å². The number of hydrogen-bond acceptors (Lipinski definition) is 0. The summed E-state index contributed by atoms with van der Waals surface area (Å²) in [6, 6.07) is 29.0. The van der Waals surface area contributed by atoms with Crippen LogP contribution in [-0.4, -0.2) is 12.4 Å². The first-order valence-electron chi connectivity index (χ1n) is 31.1. The number of alkyl halides is 6. The second-order valence-electron chi connectivity index (χ2n) is 30.5. The molecule has 0 bridgehead atoms. The molecule has 3 aliphatic rings. The minimum absolute atomic E-state index is 0.106. The largest absolute Gasteiger partial charge is 0.403 e. The van der Waals surface area contributed by atoms with Gasteiger partial charge in [-0.3, -0.25) is 0 Å². The van der Waals surface area contributed by atoms with Gasteiger partial charge in [0, 0.05) is 0 Å². The van der Waals surface area contributed by atoms with Crippen molar-refractivity contribution >= 4 is 0 Å². The molecule has 0 N–H and O–H groups in total. The molecule has 8 rings (SSSR count). The van der Waals surface area contributed by atoms with Crippen LogP contribution in [0.2, 0.25) is 0 Å². The Hall–Kier alpha value is -4.32. The molecule has 3 fully saturated rings. The van der Waals surface area contributed by atoms with Gasteiger partial charge in [0.15, 0.2) is 5.41 Å². The Kier molecular flexibility index (Phi) is 21.8. The zero-order valence-electron chi connectivity index (χ0n) is 55.2. The summed E-state index contributed by atoms with van der Waals surface area (Å²) in [5.74, 6) is 1.33. The summed E-state index contributed by atoms with van der Waals surface area (Å²) in [5.41, 5.74) is 20.7. The Balaban J connectivity index is 0.000000203. The molecule has 3 aliphatic carbocycles. The highest BCUT2D eigenvalue weighted by atomic mass is 19.4. The van der Waals surface area contributed by atoms with E-state index < -0.39 is 30.6 Å². The highest BCUT2D eigenvalue weighted by Gasteiger charge is 2.70. The van der Waals surface area contributed by atoms with E-state index in [9.17, 15) is 26.3 Å². The molecule has 0 amide bonds. The number of benzene rings is 5. The molecule has 0 aromatic heterocycles. The van der Waals surface area contributed by atoms with Crippen molar-refractivity contribution in [2.24, 2.45) is 10.8 Å². The van der Waals surface area contributed by atoms with Crippen molar-refractivity contribution in [3.63, 3.8) is 0 Å². The standard InChI is InChI=1S/C20H26F6.C20H32.C18H28.C18H22/c1-12-10-15(11-16(13(12)2)17(3,4)5)14-6-8-18(9-7-14,19(21,22)23)20(24,25)26;1-14-12-17(13-18(15(14)2)19(3,4)5)16-8-10-20(6,7)11-9-16;2*1-13-11-16(15-9-7-6-8-10-15)12-17(14(13)2)18(3,4)5/h10-11,14H,6-9H2,1-5H3;12-13,16H,8-11H2,1-7H3;11-12,15H,6-10H2,1-5H3;6-12H,1-5H3. The topological polar surface area (TPSA) is 0 Å². The Morgan fingerprint density at radius 1 is 0.341 bits per heavy atom. The number of hydrogen-bond donors (Lipinski definition) is 0. The zero-order chi connectivity index (χ0) is 61.9. The van der Waals surface area contributed by atoms with Crippen LogP contribution >= 0.6 is 0 Å². The van der Waals surface area contributed by atoms with Gasteiger partial charge >= 0.3 is 12.4 Å². The highest BCUT2D eigenvalue weighted by Crippen LogP contribution is 2.60. The fourth-order valence-electron chi connectivity index (χ4n) is 13.5. The van der Waals surface area contributed by atoms with E-state index in [1.807, 2.05) is 26.0 Å². The number of rotatable bonds is 4. The van der Waals surface area contributed by atoms with Crippen LogP contribution < -0.4 is 0 Å². The summed E-state index contributed by atoms with van der Waals surface area (Å²) in [5, 5.41) is 0. The van der Waals surface area contributed by atoms with Gasteiger partial charge in [0.25, 0.3) is 0 Å². The van der Waals surface area contributed by atoms with E-state index in [1.165, 1.54) is 113 Å². The summed E-state index contributed by atoms with van der Waals surface area (Å²) in [6.07, 6.45) is -0.0212. The number of aryl methyl sites for hydroxylation is 4. The third kappa shape index (κ3) is 17.0. The third-order valence-electron chi connectivity index (χ3n) is 19.4. The average molecular weight is 1140 g/mol. The van der Waals surface area contributed by atoms with E-state index in [4.69, 9.17) is 0 Å². The molecule has 0 nitrogen and oxygen atoms in total. The normalized spacial score (nSPS) is 17.7. The van der Waals surface area contributed by atoms with Crippen molar-refractivity contribution in [1.82, 2.24) is 0 Å². The Morgan fingerprint density at radius 3 is 0.951 bits per heavy atom. The Morgan fingerprint density at radius 2 is 0.634 bits per heavy atom. The molecule has 454 valence electrons. The lowest BCUT2D eigenvalue weighted by Crippen LogP contribution is -2.51. The molecular formula is C76H108F6. The average Bonchev–Trinajstić information content (AvgIpc) is 3.41. The van der Waals surface area contributed by atoms with Crippen LogP contribution in [0.5, 0.6) is 0 Å². The third-order valence-corrected chi connectivity index (χ3v) is 19.4. The molecule has 0 unspecified atom stereocenters. The van der Waals surface area contributed by atoms with Gasteiger partial charge in [-0.05, 0) is 259 Å². The lowest BCUT2D eigenvalue weighted by atomic mass is 9.67. The van der Waals surface area contributed by atoms with Crippen LogP contribution in [0.15, 0.2) is 78.9 Å². The molecule has 0 saturated heterocycles. The van der Waals surface area contributed by atoms with Crippen molar-refractivity contribution in [2.75, 3.05) is 0 Å². The van der Waals surface area contributed by atoms with Gasteiger partial charge in [-0.2, -0.15) is 26.3 Å². The predicted molar refractivity (Wildman–Crippen MR) is 340 cm³/mol. The van der Waals surface area contributed by atoms with Crippen molar-refractivity contribution < 1.29 is 26.3 Å². The quantitative estimate of drug-likeness (QED) is 0.157. The predicted octanol–water partition coefficient (Wildman–Crippen LogP) is 24.6. The smallest absolute Gasteiger partial charge is 0.170 e. The van der Waals surface area contributed by atoms with E-state index in [0.717, 1.165) is 34.1 Å².